The van der Waals surface area contributed by atoms with Crippen molar-refractivity contribution in [1.29, 1.82) is 0 Å². The SMILES string of the molecule is Cc1cc(F)ccc1C1(C)c2cc(C3CCC3)ccc2N=CN1C. The van der Waals surface area contributed by atoms with Crippen LogP contribution in [0.2, 0.25) is 0 Å². The monoisotopic (exact) mass is 322 g/mol. The normalized spacial score (nSPS) is 23.1. The predicted octanol–water partition coefficient (Wildman–Crippen LogP) is 5.27. The highest BCUT2D eigenvalue weighted by atomic mass is 19.1. The summed E-state index contributed by atoms with van der Waals surface area (Å²) in [4.78, 5) is 6.75. The van der Waals surface area contributed by atoms with Gasteiger partial charge in [-0.05, 0) is 67.5 Å². The minimum Gasteiger partial charge on any atom is -0.352 e. The first kappa shape index (κ1) is 15.4. The fourth-order valence-electron chi connectivity index (χ4n) is 4.01. The van der Waals surface area contributed by atoms with Gasteiger partial charge in [-0.15, -0.1) is 0 Å². The van der Waals surface area contributed by atoms with E-state index in [1.807, 2.05) is 26.4 Å². The fourth-order valence-corrected chi connectivity index (χ4v) is 4.01. The average Bonchev–Trinajstić information content (AvgIpc) is 2.50. The lowest BCUT2D eigenvalue weighted by Crippen LogP contribution is -2.43. The van der Waals surface area contributed by atoms with Crippen LogP contribution < -0.4 is 0 Å². The van der Waals surface area contributed by atoms with Crippen molar-refractivity contribution >= 4 is 12.0 Å². The molecule has 2 aromatic rings. The Labute approximate surface area is 143 Å². The van der Waals surface area contributed by atoms with Gasteiger partial charge in [-0.1, -0.05) is 24.6 Å². The van der Waals surface area contributed by atoms with Crippen molar-refractivity contribution < 1.29 is 4.39 Å². The van der Waals surface area contributed by atoms with Gasteiger partial charge in [-0.3, -0.25) is 0 Å². The molecule has 4 rings (SSSR count). The Bertz CT molecular complexity index is 823. The smallest absolute Gasteiger partial charge is 0.123 e. The van der Waals surface area contributed by atoms with Gasteiger partial charge in [-0.25, -0.2) is 9.38 Å². The van der Waals surface area contributed by atoms with E-state index in [4.69, 9.17) is 0 Å². The van der Waals surface area contributed by atoms with Crippen LogP contribution >= 0.6 is 0 Å². The maximum Gasteiger partial charge on any atom is 0.123 e. The van der Waals surface area contributed by atoms with Crippen LogP contribution in [-0.2, 0) is 5.54 Å². The van der Waals surface area contributed by atoms with Crippen molar-refractivity contribution in [2.24, 2.45) is 4.99 Å². The molecule has 1 aliphatic carbocycles. The Morgan fingerprint density at radius 3 is 2.58 bits per heavy atom. The Hall–Kier alpha value is -2.16. The maximum absolute atomic E-state index is 13.6. The molecule has 0 spiro atoms. The third-order valence-corrected chi connectivity index (χ3v) is 5.91. The summed E-state index contributed by atoms with van der Waals surface area (Å²) in [5.41, 5.74) is 5.41. The maximum atomic E-state index is 13.6. The molecule has 2 aromatic carbocycles. The highest BCUT2D eigenvalue weighted by Gasteiger charge is 2.38. The Morgan fingerprint density at radius 2 is 1.92 bits per heavy atom. The van der Waals surface area contributed by atoms with Crippen LogP contribution in [0.15, 0.2) is 41.4 Å². The van der Waals surface area contributed by atoms with Crippen LogP contribution in [0, 0.1) is 12.7 Å². The van der Waals surface area contributed by atoms with E-state index in [1.54, 1.807) is 12.1 Å². The van der Waals surface area contributed by atoms with Gasteiger partial charge in [0.1, 0.15) is 5.82 Å². The van der Waals surface area contributed by atoms with E-state index < -0.39 is 0 Å². The van der Waals surface area contributed by atoms with Crippen LogP contribution in [-0.4, -0.2) is 18.3 Å². The first-order chi connectivity index (χ1) is 11.5. The van der Waals surface area contributed by atoms with Gasteiger partial charge in [0.15, 0.2) is 0 Å². The van der Waals surface area contributed by atoms with E-state index in [9.17, 15) is 4.39 Å². The summed E-state index contributed by atoms with van der Waals surface area (Å²) in [6.07, 6.45) is 5.77. The zero-order valence-electron chi connectivity index (χ0n) is 14.5. The number of hydrogen-bond donors (Lipinski definition) is 0. The largest absolute Gasteiger partial charge is 0.352 e. The molecule has 0 N–H and O–H groups in total. The standard InChI is InChI=1S/C21H23FN2/c1-14-11-17(22)8-9-18(14)21(2)19-12-16(15-5-4-6-15)7-10-20(19)23-13-24(21)3/h7-13,15H,4-6H2,1-3H3. The molecule has 2 nitrogen and oxygen atoms in total. The summed E-state index contributed by atoms with van der Waals surface area (Å²) in [5.74, 6) is 0.500. The van der Waals surface area contributed by atoms with Gasteiger partial charge in [0.25, 0.3) is 0 Å². The van der Waals surface area contributed by atoms with Crippen molar-refractivity contribution in [1.82, 2.24) is 4.90 Å². The van der Waals surface area contributed by atoms with E-state index in [0.29, 0.717) is 5.92 Å². The highest BCUT2D eigenvalue weighted by Crippen LogP contribution is 2.46. The third-order valence-electron chi connectivity index (χ3n) is 5.91. The van der Waals surface area contributed by atoms with E-state index >= 15 is 0 Å². The van der Waals surface area contributed by atoms with Gasteiger partial charge in [-0.2, -0.15) is 0 Å². The van der Waals surface area contributed by atoms with Gasteiger partial charge in [0.2, 0.25) is 0 Å². The lowest BCUT2D eigenvalue weighted by atomic mass is 9.75. The summed E-state index contributed by atoms with van der Waals surface area (Å²) in [6.45, 7) is 4.19. The van der Waals surface area contributed by atoms with E-state index in [0.717, 1.165) is 16.8 Å². The molecule has 0 bridgehead atoms. The second-order valence-corrected chi connectivity index (χ2v) is 7.29. The molecule has 0 aromatic heterocycles. The summed E-state index contributed by atoms with van der Waals surface area (Å²) < 4.78 is 13.6. The van der Waals surface area contributed by atoms with E-state index in [1.165, 1.54) is 30.4 Å². The number of hydrogen-bond acceptors (Lipinski definition) is 2. The Kier molecular flexibility index (Phi) is 3.48. The minimum atomic E-state index is -0.339. The molecule has 1 saturated carbocycles. The number of nitrogens with zero attached hydrogens (tertiary/aromatic N) is 2. The second kappa shape index (κ2) is 5.44. The van der Waals surface area contributed by atoms with Gasteiger partial charge in [0, 0.05) is 12.6 Å². The van der Waals surface area contributed by atoms with Crippen molar-refractivity contribution in [3.8, 4) is 0 Å². The number of rotatable bonds is 2. The molecule has 0 saturated heterocycles. The van der Waals surface area contributed by atoms with Crippen molar-refractivity contribution in [3.05, 3.63) is 64.5 Å². The van der Waals surface area contributed by atoms with Gasteiger partial charge in [0.05, 0.1) is 17.6 Å². The third kappa shape index (κ3) is 2.18. The molecular weight excluding hydrogens is 299 g/mol. The van der Waals surface area contributed by atoms with E-state index in [2.05, 4.69) is 35.0 Å². The first-order valence-electron chi connectivity index (χ1n) is 8.68. The molecular formula is C21H23FN2. The molecule has 1 unspecified atom stereocenters. The van der Waals surface area contributed by atoms with Crippen molar-refractivity contribution in [3.63, 3.8) is 0 Å². The molecule has 0 amide bonds. The van der Waals surface area contributed by atoms with Crippen LogP contribution in [0.25, 0.3) is 0 Å². The predicted molar refractivity (Wildman–Crippen MR) is 96.5 cm³/mol. The molecule has 1 atom stereocenters. The van der Waals surface area contributed by atoms with Crippen LogP contribution in [0.4, 0.5) is 10.1 Å². The molecule has 124 valence electrons. The quantitative estimate of drug-likeness (QED) is 0.735. The molecule has 3 heteroatoms. The topological polar surface area (TPSA) is 15.6 Å². The number of benzene rings is 2. The lowest BCUT2D eigenvalue weighted by molar-refractivity contribution is 0.290. The van der Waals surface area contributed by atoms with Gasteiger partial charge >= 0.3 is 0 Å². The van der Waals surface area contributed by atoms with Crippen molar-refractivity contribution in [2.45, 2.75) is 44.6 Å². The molecule has 1 fully saturated rings. The zero-order valence-corrected chi connectivity index (χ0v) is 14.5. The van der Waals surface area contributed by atoms with Crippen molar-refractivity contribution in [2.75, 3.05) is 7.05 Å². The zero-order chi connectivity index (χ0) is 16.9. The Balaban J connectivity index is 1.90. The number of aryl methyl sites for hydroxylation is 1. The summed E-state index contributed by atoms with van der Waals surface area (Å²) in [5, 5.41) is 0. The number of aliphatic imine (C=N–C) groups is 1. The summed E-state index contributed by atoms with van der Waals surface area (Å²) in [6, 6.07) is 11.8. The average molecular weight is 322 g/mol. The van der Waals surface area contributed by atoms with E-state index in [-0.39, 0.29) is 11.4 Å². The minimum absolute atomic E-state index is 0.185. The molecule has 24 heavy (non-hydrogen) atoms. The summed E-state index contributed by atoms with van der Waals surface area (Å²) >= 11 is 0. The summed E-state index contributed by atoms with van der Waals surface area (Å²) in [7, 11) is 2.05. The second-order valence-electron chi connectivity index (χ2n) is 7.29. The molecule has 0 radical (unpaired) electrons. The number of halogens is 1. The van der Waals surface area contributed by atoms with Crippen LogP contribution in [0.3, 0.4) is 0 Å². The van der Waals surface area contributed by atoms with Crippen LogP contribution in [0.5, 0.6) is 0 Å². The number of fused-ring (bicyclic) bond motifs is 1. The Morgan fingerprint density at radius 1 is 1.12 bits per heavy atom. The first-order valence-corrected chi connectivity index (χ1v) is 8.68. The van der Waals surface area contributed by atoms with Gasteiger partial charge < -0.3 is 4.90 Å². The fraction of sp³-hybridized carbons (Fsp3) is 0.381. The molecule has 1 aliphatic heterocycles. The lowest BCUT2D eigenvalue weighted by Gasteiger charge is -2.43. The highest BCUT2D eigenvalue weighted by molar-refractivity contribution is 5.72. The van der Waals surface area contributed by atoms with Crippen LogP contribution in [0.1, 0.15) is 54.4 Å². The molecule has 1 heterocycles. The molecule has 2 aliphatic rings.